The molecule has 31 heavy (non-hydrogen) atoms. The number of guanidine groups is 1. The lowest BCUT2D eigenvalue weighted by Gasteiger charge is -2.14. The fourth-order valence-electron chi connectivity index (χ4n) is 2.85. The maximum atomic E-state index is 11.7. The van der Waals surface area contributed by atoms with Crippen molar-refractivity contribution in [2.45, 2.75) is 25.3 Å². The van der Waals surface area contributed by atoms with Gasteiger partial charge in [-0.25, -0.2) is 8.42 Å². The Morgan fingerprint density at radius 3 is 2.48 bits per heavy atom. The van der Waals surface area contributed by atoms with Crippen LogP contribution in [0.2, 0.25) is 0 Å². The lowest BCUT2D eigenvalue weighted by molar-refractivity contribution is -0.114. The van der Waals surface area contributed by atoms with Gasteiger partial charge in [0.2, 0.25) is 5.91 Å². The van der Waals surface area contributed by atoms with Crippen molar-refractivity contribution in [1.82, 2.24) is 10.6 Å². The normalized spacial score (nSPS) is 11.3. The van der Waals surface area contributed by atoms with E-state index in [0.717, 1.165) is 11.1 Å². The molecular weight excluding hydrogens is 531 g/mol. The van der Waals surface area contributed by atoms with E-state index in [9.17, 15) is 13.2 Å². The van der Waals surface area contributed by atoms with Gasteiger partial charge in [-0.15, -0.1) is 24.0 Å². The molecule has 0 heterocycles. The summed E-state index contributed by atoms with van der Waals surface area (Å²) in [6.45, 7) is 4.68. The first-order valence-corrected chi connectivity index (χ1v) is 11.3. The van der Waals surface area contributed by atoms with Gasteiger partial charge in [0.1, 0.15) is 12.4 Å². The number of sulfone groups is 1. The number of hydrogen-bond donors (Lipinski definition) is 3. The van der Waals surface area contributed by atoms with Crippen LogP contribution in [0, 0.1) is 6.92 Å². The molecule has 0 aliphatic heterocycles. The molecule has 0 fully saturated rings. The van der Waals surface area contributed by atoms with E-state index in [1.807, 2.05) is 18.2 Å². The smallest absolute Gasteiger partial charge is 0.221 e. The molecule has 0 saturated heterocycles. The van der Waals surface area contributed by atoms with Gasteiger partial charge in [-0.05, 0) is 36.2 Å². The highest BCUT2D eigenvalue weighted by Gasteiger charge is 2.11. The summed E-state index contributed by atoms with van der Waals surface area (Å²) in [6.07, 6.45) is 1.21. The molecule has 0 aliphatic rings. The van der Waals surface area contributed by atoms with Crippen molar-refractivity contribution in [1.29, 1.82) is 0 Å². The number of nitrogens with zero attached hydrogens (tertiary/aromatic N) is 1. The van der Waals surface area contributed by atoms with Gasteiger partial charge in [0.05, 0.1) is 11.4 Å². The Kier molecular flexibility index (Phi) is 10.8. The van der Waals surface area contributed by atoms with Crippen LogP contribution in [-0.2, 0) is 21.2 Å². The van der Waals surface area contributed by atoms with Crippen LogP contribution < -0.4 is 20.7 Å². The summed E-state index contributed by atoms with van der Waals surface area (Å²) in [7, 11) is -1.55. The zero-order valence-electron chi connectivity index (χ0n) is 18.1. The van der Waals surface area contributed by atoms with Gasteiger partial charge in [0.15, 0.2) is 15.8 Å². The van der Waals surface area contributed by atoms with Crippen molar-refractivity contribution in [3.05, 3.63) is 53.6 Å². The van der Waals surface area contributed by atoms with Crippen molar-refractivity contribution in [3.63, 3.8) is 0 Å². The minimum atomic E-state index is -3.22. The molecule has 10 heteroatoms. The molecular formula is C21H29IN4O4S. The number of anilines is 1. The zero-order chi connectivity index (χ0) is 22.1. The van der Waals surface area contributed by atoms with E-state index in [1.165, 1.54) is 13.2 Å². The zero-order valence-corrected chi connectivity index (χ0v) is 21.2. The van der Waals surface area contributed by atoms with E-state index in [0.29, 0.717) is 42.0 Å². The Morgan fingerprint density at radius 2 is 1.87 bits per heavy atom. The number of halogens is 1. The Labute approximate surface area is 200 Å². The quantitative estimate of drug-likeness (QED) is 0.198. The number of carbonyl (C=O) groups is 1. The van der Waals surface area contributed by atoms with E-state index in [1.54, 1.807) is 38.2 Å². The molecule has 1 amide bonds. The lowest BCUT2D eigenvalue weighted by atomic mass is 10.1. The summed E-state index contributed by atoms with van der Waals surface area (Å²) in [4.78, 5) is 15.6. The molecule has 0 saturated carbocycles. The highest BCUT2D eigenvalue weighted by Crippen LogP contribution is 2.17. The number of nitrogens with one attached hydrogen (secondary N) is 3. The largest absolute Gasteiger partial charge is 0.492 e. The van der Waals surface area contributed by atoms with Gasteiger partial charge in [-0.1, -0.05) is 18.2 Å². The first-order chi connectivity index (χ1) is 14.2. The van der Waals surface area contributed by atoms with Gasteiger partial charge in [0.25, 0.3) is 0 Å². The summed E-state index contributed by atoms with van der Waals surface area (Å²) in [5, 5.41) is 9.06. The fraction of sp³-hybridized carbons (Fsp3) is 0.333. The molecule has 0 spiro atoms. The first-order valence-electron chi connectivity index (χ1n) is 9.43. The summed E-state index contributed by atoms with van der Waals surface area (Å²) in [5.41, 5.74) is 2.35. The molecule has 0 aromatic heterocycles. The van der Waals surface area contributed by atoms with Crippen molar-refractivity contribution in [3.8, 4) is 5.75 Å². The second-order valence-electron chi connectivity index (χ2n) is 6.78. The van der Waals surface area contributed by atoms with E-state index in [2.05, 4.69) is 20.9 Å². The highest BCUT2D eigenvalue weighted by atomic mass is 127. The van der Waals surface area contributed by atoms with E-state index >= 15 is 0 Å². The summed E-state index contributed by atoms with van der Waals surface area (Å²) in [5.74, 6) is 1.13. The van der Waals surface area contributed by atoms with E-state index < -0.39 is 9.84 Å². The molecule has 170 valence electrons. The molecule has 8 nitrogen and oxygen atoms in total. The number of carbonyl (C=O) groups excluding carboxylic acids is 1. The standard InChI is InChI=1S/C21H28N4O4S.HI/c1-15-12-17(8-9-20(15)30(4,27)28)14-24-21(22-3)23-10-11-29-19-7-5-6-18(13-19)25-16(2)26;/h5-9,12-13H,10-11,14H2,1-4H3,(H,25,26)(H2,22,23,24);1H. The summed E-state index contributed by atoms with van der Waals surface area (Å²) >= 11 is 0. The molecule has 0 bridgehead atoms. The van der Waals surface area contributed by atoms with Crippen LogP contribution in [0.5, 0.6) is 5.75 Å². The topological polar surface area (TPSA) is 109 Å². The fourth-order valence-corrected chi connectivity index (χ4v) is 3.81. The average Bonchev–Trinajstić information content (AvgIpc) is 2.66. The highest BCUT2D eigenvalue weighted by molar-refractivity contribution is 14.0. The summed E-state index contributed by atoms with van der Waals surface area (Å²) < 4.78 is 29.1. The molecule has 0 unspecified atom stereocenters. The molecule has 3 N–H and O–H groups in total. The van der Waals surface area contributed by atoms with Crippen molar-refractivity contribution < 1.29 is 17.9 Å². The SMILES string of the molecule is CN=C(NCCOc1cccc(NC(C)=O)c1)NCc1ccc(S(C)(=O)=O)c(C)c1.I. The van der Waals surface area contributed by atoms with Crippen molar-refractivity contribution >= 4 is 51.4 Å². The first kappa shape index (κ1) is 26.7. The third-order valence-corrected chi connectivity index (χ3v) is 5.40. The van der Waals surface area contributed by atoms with Gasteiger partial charge in [-0.3, -0.25) is 9.79 Å². The molecule has 2 rings (SSSR count). The van der Waals surface area contributed by atoms with Crippen LogP contribution in [0.15, 0.2) is 52.4 Å². The number of amides is 1. The molecule has 2 aromatic carbocycles. The van der Waals surface area contributed by atoms with Crippen LogP contribution in [0.4, 0.5) is 5.69 Å². The maximum Gasteiger partial charge on any atom is 0.221 e. The Hall–Kier alpha value is -2.34. The number of hydrogen-bond acceptors (Lipinski definition) is 5. The number of benzene rings is 2. The molecule has 0 radical (unpaired) electrons. The van der Waals surface area contributed by atoms with E-state index in [-0.39, 0.29) is 29.9 Å². The molecule has 0 aliphatic carbocycles. The second kappa shape index (κ2) is 12.5. The van der Waals surface area contributed by atoms with Gasteiger partial charge in [-0.2, -0.15) is 0 Å². The van der Waals surface area contributed by atoms with Crippen LogP contribution in [0.25, 0.3) is 0 Å². The van der Waals surface area contributed by atoms with Gasteiger partial charge >= 0.3 is 0 Å². The minimum absolute atomic E-state index is 0. The van der Waals surface area contributed by atoms with Gasteiger partial charge < -0.3 is 20.7 Å². The maximum absolute atomic E-state index is 11.7. The summed E-state index contributed by atoms with van der Waals surface area (Å²) in [6, 6.07) is 12.4. The Balaban J connectivity index is 0.00000480. The third-order valence-electron chi connectivity index (χ3n) is 4.14. The van der Waals surface area contributed by atoms with Crippen LogP contribution in [-0.4, -0.2) is 46.7 Å². The number of rotatable bonds is 8. The van der Waals surface area contributed by atoms with Crippen LogP contribution >= 0.6 is 24.0 Å². The van der Waals surface area contributed by atoms with Gasteiger partial charge in [0, 0.05) is 38.5 Å². The Morgan fingerprint density at radius 1 is 1.13 bits per heavy atom. The molecule has 0 atom stereocenters. The van der Waals surface area contributed by atoms with Crippen LogP contribution in [0.3, 0.4) is 0 Å². The second-order valence-corrected chi connectivity index (χ2v) is 8.77. The number of ether oxygens (including phenoxy) is 1. The van der Waals surface area contributed by atoms with Crippen LogP contribution in [0.1, 0.15) is 18.1 Å². The predicted molar refractivity (Wildman–Crippen MR) is 134 cm³/mol. The minimum Gasteiger partial charge on any atom is -0.492 e. The van der Waals surface area contributed by atoms with Crippen molar-refractivity contribution in [2.75, 3.05) is 31.8 Å². The average molecular weight is 560 g/mol. The monoisotopic (exact) mass is 560 g/mol. The Bertz CT molecular complexity index is 1030. The lowest BCUT2D eigenvalue weighted by Crippen LogP contribution is -2.38. The third kappa shape index (κ3) is 9.13. The van der Waals surface area contributed by atoms with E-state index in [4.69, 9.17) is 4.74 Å². The molecule has 2 aromatic rings. The number of aryl methyl sites for hydroxylation is 1. The number of aliphatic imine (C=N–C) groups is 1. The predicted octanol–water partition coefficient (Wildman–Crippen LogP) is 2.72. The van der Waals surface area contributed by atoms with Crippen molar-refractivity contribution in [2.24, 2.45) is 4.99 Å².